The van der Waals surface area contributed by atoms with Gasteiger partial charge in [0.15, 0.2) is 12.6 Å². The van der Waals surface area contributed by atoms with Crippen LogP contribution >= 0.6 is 0 Å². The molecule has 2 bridgehead atoms. The van der Waals surface area contributed by atoms with Crippen LogP contribution in [0.15, 0.2) is 0 Å². The van der Waals surface area contributed by atoms with E-state index >= 15 is 0 Å². The fraction of sp³-hybridized carbons (Fsp3) is 0.955. The van der Waals surface area contributed by atoms with E-state index < -0.39 is 91.6 Å². The second-order valence-electron chi connectivity index (χ2n) is 10.8. The zero-order valence-electron chi connectivity index (χ0n) is 19.4. The average Bonchev–Trinajstić information content (AvgIpc) is 3.22. The molecule has 0 aromatic rings. The lowest BCUT2D eigenvalue weighted by molar-refractivity contribution is -0.338. The number of Topliss-reactive ketones (excluding diaryl/α,β-unsaturated/α-hetero) is 1. The van der Waals surface area contributed by atoms with Gasteiger partial charge >= 0.3 is 0 Å². The number of aliphatic hydroxyl groups excluding tert-OH is 7. The predicted octanol–water partition coefficient (Wildman–Crippen LogP) is -2.98. The Balaban J connectivity index is 1.41. The van der Waals surface area contributed by atoms with Gasteiger partial charge in [0.1, 0.15) is 54.6 Å². The van der Waals surface area contributed by atoms with Crippen LogP contribution in [0.4, 0.5) is 0 Å². The molecule has 4 aliphatic rings. The lowest BCUT2D eigenvalue weighted by Gasteiger charge is -2.45. The van der Waals surface area contributed by atoms with Crippen LogP contribution in [0.2, 0.25) is 0 Å². The number of hydrogen-bond donors (Lipinski definition) is 7. The number of aliphatic hydroxyl groups is 7. The topological polar surface area (TPSA) is 196 Å². The fourth-order valence-electron chi connectivity index (χ4n) is 5.88. The van der Waals surface area contributed by atoms with Crippen molar-refractivity contribution < 1.29 is 59.5 Å². The molecule has 2 saturated carbocycles. The smallest absolute Gasteiger partial charge is 0.187 e. The summed E-state index contributed by atoms with van der Waals surface area (Å²) >= 11 is 0. The van der Waals surface area contributed by atoms with Crippen molar-refractivity contribution in [3.63, 3.8) is 0 Å². The summed E-state index contributed by atoms with van der Waals surface area (Å²) < 4.78 is 22.4. The maximum Gasteiger partial charge on any atom is 0.187 e. The van der Waals surface area contributed by atoms with E-state index in [1.54, 1.807) is 0 Å². The number of ether oxygens (including phenoxy) is 4. The first-order valence-electron chi connectivity index (χ1n) is 11.6. The van der Waals surface area contributed by atoms with Crippen LogP contribution in [0.5, 0.6) is 0 Å². The first kappa shape index (κ1) is 26.3. The summed E-state index contributed by atoms with van der Waals surface area (Å²) in [6, 6.07) is 0. The molecule has 0 radical (unpaired) electrons. The van der Waals surface area contributed by atoms with Crippen molar-refractivity contribution in [2.45, 2.75) is 101 Å². The van der Waals surface area contributed by atoms with Crippen LogP contribution in [0.25, 0.3) is 0 Å². The third kappa shape index (κ3) is 4.12. The highest BCUT2D eigenvalue weighted by atomic mass is 16.7. The second-order valence-corrected chi connectivity index (χ2v) is 10.8. The van der Waals surface area contributed by atoms with Crippen LogP contribution in [0.1, 0.15) is 33.6 Å². The van der Waals surface area contributed by atoms with Gasteiger partial charge in [-0.15, -0.1) is 0 Å². The SMILES string of the molecule is CC1(C)C(=O)[C@]2(C)C[C@H]1C[C@H]2O[C@@H]1O[C@H](CO[C@@H]2O[C@H](CO)[C@@H](O)[C@H](O)[C@H]2O)[C@@H](O)[C@H](O)[C@H]1O. The molecule has 34 heavy (non-hydrogen) atoms. The van der Waals surface area contributed by atoms with Crippen molar-refractivity contribution in [2.24, 2.45) is 16.7 Å². The lowest BCUT2D eigenvalue weighted by Crippen LogP contribution is -2.62. The molecule has 4 rings (SSSR count). The highest BCUT2D eigenvalue weighted by Gasteiger charge is 2.65. The van der Waals surface area contributed by atoms with E-state index in [1.807, 2.05) is 20.8 Å². The standard InChI is InChI=1S/C22H36O12/c1-21(2)8-4-11(22(3,5-8)20(21)30)34-19-17(29)15(27)13(25)10(33-19)7-31-18-16(28)14(26)12(24)9(6-23)32-18/h8-19,23-29H,4-7H2,1-3H3/t8-,9-,10-,11-,12-,13-,14+,15+,16-,17-,18-,19+,22-/m1/s1. The largest absolute Gasteiger partial charge is 0.394 e. The van der Waals surface area contributed by atoms with Crippen molar-refractivity contribution in [1.29, 1.82) is 0 Å². The Bertz CT molecular complexity index is 760. The molecule has 4 fully saturated rings. The van der Waals surface area contributed by atoms with E-state index in [1.165, 1.54) is 0 Å². The van der Waals surface area contributed by atoms with Gasteiger partial charge in [-0.3, -0.25) is 4.79 Å². The van der Waals surface area contributed by atoms with Crippen LogP contribution < -0.4 is 0 Å². The maximum atomic E-state index is 12.9. The molecule has 0 amide bonds. The van der Waals surface area contributed by atoms with Gasteiger partial charge in [-0.25, -0.2) is 0 Å². The minimum atomic E-state index is -1.65. The highest BCUT2D eigenvalue weighted by Crippen LogP contribution is 2.61. The van der Waals surface area contributed by atoms with E-state index in [-0.39, 0.29) is 11.7 Å². The minimum Gasteiger partial charge on any atom is -0.394 e. The van der Waals surface area contributed by atoms with Gasteiger partial charge in [0.05, 0.1) is 24.7 Å². The summed E-state index contributed by atoms with van der Waals surface area (Å²) in [6.07, 6.45) is -14.1. The number of ketones is 1. The Morgan fingerprint density at radius 3 is 1.97 bits per heavy atom. The summed E-state index contributed by atoms with van der Waals surface area (Å²) in [5, 5.41) is 70.4. The molecule has 12 heteroatoms. The van der Waals surface area contributed by atoms with Crippen molar-refractivity contribution in [3.8, 4) is 0 Å². The molecule has 2 aliphatic heterocycles. The average molecular weight is 493 g/mol. The molecule has 12 nitrogen and oxygen atoms in total. The normalized spacial score (nSPS) is 52.8. The van der Waals surface area contributed by atoms with E-state index in [2.05, 4.69) is 0 Å². The van der Waals surface area contributed by atoms with Crippen molar-refractivity contribution in [3.05, 3.63) is 0 Å². The van der Waals surface area contributed by atoms with Crippen molar-refractivity contribution in [2.75, 3.05) is 13.2 Å². The van der Waals surface area contributed by atoms with Gasteiger partial charge in [0.2, 0.25) is 0 Å². The number of carbonyl (C=O) groups excluding carboxylic acids is 1. The summed E-state index contributed by atoms with van der Waals surface area (Å²) in [4.78, 5) is 12.9. The highest BCUT2D eigenvalue weighted by molar-refractivity contribution is 5.93. The Labute approximate surface area is 197 Å². The molecule has 0 aromatic carbocycles. The van der Waals surface area contributed by atoms with Gasteiger partial charge in [0.25, 0.3) is 0 Å². The molecular formula is C22H36O12. The van der Waals surface area contributed by atoms with Gasteiger partial charge in [-0.05, 0) is 18.8 Å². The van der Waals surface area contributed by atoms with Crippen molar-refractivity contribution in [1.82, 2.24) is 0 Å². The van der Waals surface area contributed by atoms with E-state index in [0.29, 0.717) is 12.8 Å². The summed E-state index contributed by atoms with van der Waals surface area (Å²) in [5.74, 6) is 0.200. The third-order valence-corrected chi connectivity index (χ3v) is 8.24. The Morgan fingerprint density at radius 1 is 0.853 bits per heavy atom. The monoisotopic (exact) mass is 492 g/mol. The number of rotatable bonds is 6. The van der Waals surface area contributed by atoms with Gasteiger partial charge < -0.3 is 54.7 Å². The van der Waals surface area contributed by atoms with Gasteiger partial charge in [0, 0.05) is 5.41 Å². The lowest BCUT2D eigenvalue weighted by atomic mass is 9.70. The molecule has 0 aromatic heterocycles. The van der Waals surface area contributed by atoms with Crippen molar-refractivity contribution >= 4 is 5.78 Å². The summed E-state index contributed by atoms with van der Waals surface area (Å²) in [6.45, 7) is 4.59. The number of hydrogen-bond acceptors (Lipinski definition) is 12. The molecule has 196 valence electrons. The molecule has 13 atom stereocenters. The second kappa shape index (κ2) is 9.27. The first-order valence-corrected chi connectivity index (χ1v) is 11.6. The van der Waals surface area contributed by atoms with Crippen LogP contribution in [0.3, 0.4) is 0 Å². The number of carbonyl (C=O) groups is 1. The molecule has 2 aliphatic carbocycles. The first-order chi connectivity index (χ1) is 15.8. The summed E-state index contributed by atoms with van der Waals surface area (Å²) in [7, 11) is 0. The Morgan fingerprint density at radius 2 is 1.41 bits per heavy atom. The number of fused-ring (bicyclic) bond motifs is 2. The third-order valence-electron chi connectivity index (χ3n) is 8.24. The molecule has 2 heterocycles. The quantitative estimate of drug-likeness (QED) is 0.199. The fourth-order valence-corrected chi connectivity index (χ4v) is 5.88. The maximum absolute atomic E-state index is 12.9. The Kier molecular flexibility index (Phi) is 7.17. The predicted molar refractivity (Wildman–Crippen MR) is 111 cm³/mol. The van der Waals surface area contributed by atoms with Crippen LogP contribution in [0, 0.1) is 16.7 Å². The zero-order valence-corrected chi connectivity index (χ0v) is 19.4. The Hall–Kier alpha value is -0.770. The molecule has 7 N–H and O–H groups in total. The summed E-state index contributed by atoms with van der Waals surface area (Å²) in [5.41, 5.74) is -1.21. The minimum absolute atomic E-state index is 0.0784. The van der Waals surface area contributed by atoms with Gasteiger partial charge in [-0.2, -0.15) is 0 Å². The molecule has 0 spiro atoms. The van der Waals surface area contributed by atoms with E-state index in [0.717, 1.165) is 0 Å². The van der Waals surface area contributed by atoms with E-state index in [4.69, 9.17) is 18.9 Å². The van der Waals surface area contributed by atoms with Crippen LogP contribution in [-0.4, -0.2) is 122 Å². The van der Waals surface area contributed by atoms with Gasteiger partial charge in [-0.1, -0.05) is 20.8 Å². The van der Waals surface area contributed by atoms with E-state index in [9.17, 15) is 40.5 Å². The van der Waals surface area contributed by atoms with Crippen LogP contribution in [-0.2, 0) is 23.7 Å². The molecule has 2 saturated heterocycles. The molecular weight excluding hydrogens is 456 g/mol. The molecule has 0 unspecified atom stereocenters. The zero-order chi connectivity index (χ0) is 25.2.